The maximum Gasteiger partial charge on any atom is 0.243 e. The Morgan fingerprint density at radius 1 is 0.929 bits per heavy atom. The van der Waals surface area contributed by atoms with Crippen molar-refractivity contribution in [1.29, 1.82) is 0 Å². The Hall–Kier alpha value is -3.35. The third kappa shape index (κ3) is 6.42. The van der Waals surface area contributed by atoms with Crippen molar-refractivity contribution >= 4 is 17.7 Å². The van der Waals surface area contributed by atoms with E-state index in [4.69, 9.17) is 10.5 Å². The summed E-state index contributed by atoms with van der Waals surface area (Å²) in [6.45, 7) is 1.34. The van der Waals surface area contributed by atoms with E-state index in [1.165, 1.54) is 6.92 Å². The Kier molecular flexibility index (Phi) is 7.56. The van der Waals surface area contributed by atoms with Crippen molar-refractivity contribution in [2.75, 3.05) is 7.11 Å². The van der Waals surface area contributed by atoms with Crippen molar-refractivity contribution in [1.82, 2.24) is 10.6 Å². The maximum absolute atomic E-state index is 12.8. The first-order valence-corrected chi connectivity index (χ1v) is 8.92. The number of amides is 3. The average Bonchev–Trinajstić information content (AvgIpc) is 2.67. The molecule has 28 heavy (non-hydrogen) atoms. The zero-order valence-corrected chi connectivity index (χ0v) is 16.0. The maximum atomic E-state index is 12.8. The van der Waals surface area contributed by atoms with Gasteiger partial charge in [-0.1, -0.05) is 42.5 Å². The van der Waals surface area contributed by atoms with Crippen molar-refractivity contribution in [3.63, 3.8) is 0 Å². The van der Waals surface area contributed by atoms with Crippen LogP contribution in [0.4, 0.5) is 0 Å². The molecule has 0 aliphatic carbocycles. The van der Waals surface area contributed by atoms with Crippen LogP contribution in [0.3, 0.4) is 0 Å². The third-order valence-electron chi connectivity index (χ3n) is 4.21. The molecule has 2 aromatic rings. The van der Waals surface area contributed by atoms with Gasteiger partial charge in [0.25, 0.3) is 0 Å². The smallest absolute Gasteiger partial charge is 0.243 e. The standard InChI is InChI=1S/C21H25N3O4/c1-14(25)23-19(12-15-7-4-3-5-8-15)21(27)24-18(20(22)26)13-16-9-6-10-17(11-16)28-2/h3-11,18-19H,12-13H2,1-2H3,(H2,22,26)(H,23,25)(H,24,27)/t18-,19+/m1/s1. The predicted molar refractivity (Wildman–Crippen MR) is 106 cm³/mol. The van der Waals surface area contributed by atoms with E-state index >= 15 is 0 Å². The topological polar surface area (TPSA) is 111 Å². The Bertz CT molecular complexity index is 823. The number of carbonyl (C=O) groups excluding carboxylic acids is 3. The molecule has 3 amide bonds. The molecule has 0 radical (unpaired) electrons. The lowest BCUT2D eigenvalue weighted by Gasteiger charge is -2.22. The van der Waals surface area contributed by atoms with Crippen LogP contribution in [-0.2, 0) is 27.2 Å². The largest absolute Gasteiger partial charge is 0.497 e. The highest BCUT2D eigenvalue weighted by Crippen LogP contribution is 2.14. The number of nitrogens with two attached hydrogens (primary N) is 1. The van der Waals surface area contributed by atoms with E-state index in [1.54, 1.807) is 25.3 Å². The third-order valence-corrected chi connectivity index (χ3v) is 4.21. The molecule has 0 spiro atoms. The van der Waals surface area contributed by atoms with E-state index < -0.39 is 23.9 Å². The number of rotatable bonds is 9. The summed E-state index contributed by atoms with van der Waals surface area (Å²) in [5, 5.41) is 5.29. The zero-order chi connectivity index (χ0) is 20.5. The molecule has 148 valence electrons. The minimum Gasteiger partial charge on any atom is -0.497 e. The monoisotopic (exact) mass is 383 g/mol. The van der Waals surface area contributed by atoms with Gasteiger partial charge in [-0.25, -0.2) is 0 Å². The molecule has 4 N–H and O–H groups in total. The summed E-state index contributed by atoms with van der Waals surface area (Å²) in [6, 6.07) is 14.8. The van der Waals surface area contributed by atoms with Crippen molar-refractivity contribution in [3.8, 4) is 5.75 Å². The van der Waals surface area contributed by atoms with Crippen LogP contribution in [0.25, 0.3) is 0 Å². The van der Waals surface area contributed by atoms with Crippen molar-refractivity contribution in [2.45, 2.75) is 31.8 Å². The quantitative estimate of drug-likeness (QED) is 0.599. The zero-order valence-electron chi connectivity index (χ0n) is 16.0. The highest BCUT2D eigenvalue weighted by Gasteiger charge is 2.25. The van der Waals surface area contributed by atoms with Gasteiger partial charge in [0.2, 0.25) is 17.7 Å². The normalized spacial score (nSPS) is 12.5. The van der Waals surface area contributed by atoms with Crippen LogP contribution < -0.4 is 21.1 Å². The van der Waals surface area contributed by atoms with Gasteiger partial charge in [0, 0.05) is 19.8 Å². The van der Waals surface area contributed by atoms with Gasteiger partial charge < -0.3 is 21.1 Å². The summed E-state index contributed by atoms with van der Waals surface area (Å²) in [7, 11) is 1.55. The molecule has 0 unspecified atom stereocenters. The van der Waals surface area contributed by atoms with Gasteiger partial charge in [-0.3, -0.25) is 14.4 Å². The lowest BCUT2D eigenvalue weighted by molar-refractivity contribution is -0.130. The molecule has 0 aliphatic heterocycles. The molecular formula is C21H25N3O4. The summed E-state index contributed by atoms with van der Waals surface area (Å²) >= 11 is 0. The number of nitrogens with one attached hydrogen (secondary N) is 2. The van der Waals surface area contributed by atoms with E-state index in [1.807, 2.05) is 36.4 Å². The minimum absolute atomic E-state index is 0.219. The fourth-order valence-corrected chi connectivity index (χ4v) is 2.83. The second-order valence-electron chi connectivity index (χ2n) is 6.46. The van der Waals surface area contributed by atoms with E-state index in [0.717, 1.165) is 11.1 Å². The first-order valence-electron chi connectivity index (χ1n) is 8.92. The number of primary amides is 1. The summed E-state index contributed by atoms with van der Waals surface area (Å²) in [6.07, 6.45) is 0.521. The highest BCUT2D eigenvalue weighted by atomic mass is 16.5. The van der Waals surface area contributed by atoms with E-state index in [-0.39, 0.29) is 12.3 Å². The number of benzene rings is 2. The van der Waals surface area contributed by atoms with Crippen LogP contribution in [0.1, 0.15) is 18.1 Å². The Labute approximate surface area is 164 Å². The predicted octanol–water partition coefficient (Wildman–Crippen LogP) is 0.955. The molecule has 0 aromatic heterocycles. The first kappa shape index (κ1) is 21.0. The van der Waals surface area contributed by atoms with Gasteiger partial charge >= 0.3 is 0 Å². The molecule has 7 heteroatoms. The van der Waals surface area contributed by atoms with Crippen LogP contribution in [0.5, 0.6) is 5.75 Å². The molecule has 0 saturated carbocycles. The number of ether oxygens (including phenoxy) is 1. The summed E-state index contributed by atoms with van der Waals surface area (Å²) in [5.41, 5.74) is 7.17. The van der Waals surface area contributed by atoms with Crippen molar-refractivity contribution in [2.24, 2.45) is 5.73 Å². The Morgan fingerprint density at radius 3 is 2.18 bits per heavy atom. The molecule has 0 bridgehead atoms. The second kappa shape index (κ2) is 10.1. The van der Waals surface area contributed by atoms with E-state index in [0.29, 0.717) is 12.2 Å². The fraction of sp³-hybridized carbons (Fsp3) is 0.286. The fourth-order valence-electron chi connectivity index (χ4n) is 2.83. The van der Waals surface area contributed by atoms with Crippen LogP contribution >= 0.6 is 0 Å². The van der Waals surface area contributed by atoms with Gasteiger partial charge in [0.1, 0.15) is 17.8 Å². The number of hydrogen-bond acceptors (Lipinski definition) is 4. The number of carbonyl (C=O) groups is 3. The lowest BCUT2D eigenvalue weighted by Crippen LogP contribution is -2.54. The molecule has 0 fully saturated rings. The molecule has 7 nitrogen and oxygen atoms in total. The van der Waals surface area contributed by atoms with Crippen LogP contribution in [-0.4, -0.2) is 36.9 Å². The molecule has 0 heterocycles. The van der Waals surface area contributed by atoms with E-state index in [2.05, 4.69) is 10.6 Å². The van der Waals surface area contributed by atoms with Gasteiger partial charge in [-0.2, -0.15) is 0 Å². The highest BCUT2D eigenvalue weighted by molar-refractivity contribution is 5.91. The molecule has 2 atom stereocenters. The summed E-state index contributed by atoms with van der Waals surface area (Å²) in [4.78, 5) is 36.2. The van der Waals surface area contributed by atoms with Crippen LogP contribution in [0.15, 0.2) is 54.6 Å². The van der Waals surface area contributed by atoms with Gasteiger partial charge in [-0.05, 0) is 23.3 Å². The van der Waals surface area contributed by atoms with Gasteiger partial charge in [0.15, 0.2) is 0 Å². The van der Waals surface area contributed by atoms with Crippen LogP contribution in [0, 0.1) is 0 Å². The molecule has 2 aromatic carbocycles. The molecule has 2 rings (SSSR count). The van der Waals surface area contributed by atoms with E-state index in [9.17, 15) is 14.4 Å². The summed E-state index contributed by atoms with van der Waals surface area (Å²) in [5.74, 6) is -0.810. The minimum atomic E-state index is -0.911. The number of methoxy groups -OCH3 is 1. The average molecular weight is 383 g/mol. The molecule has 0 saturated heterocycles. The Morgan fingerprint density at radius 2 is 1.57 bits per heavy atom. The summed E-state index contributed by atoms with van der Waals surface area (Å²) < 4.78 is 5.18. The van der Waals surface area contributed by atoms with Crippen molar-refractivity contribution < 1.29 is 19.1 Å². The molecule has 0 aliphatic rings. The first-order chi connectivity index (χ1) is 13.4. The van der Waals surface area contributed by atoms with Crippen LogP contribution in [0.2, 0.25) is 0 Å². The Balaban J connectivity index is 2.12. The van der Waals surface area contributed by atoms with Gasteiger partial charge in [0.05, 0.1) is 7.11 Å². The molecular weight excluding hydrogens is 358 g/mol. The second-order valence-corrected chi connectivity index (χ2v) is 6.46. The van der Waals surface area contributed by atoms with Crippen molar-refractivity contribution in [3.05, 3.63) is 65.7 Å². The lowest BCUT2D eigenvalue weighted by atomic mass is 10.0. The SMILES string of the molecule is COc1cccc(C[C@@H](NC(=O)[C@H](Cc2ccccc2)NC(C)=O)C(N)=O)c1. The number of hydrogen-bond donors (Lipinski definition) is 3. The van der Waals surface area contributed by atoms with Gasteiger partial charge in [-0.15, -0.1) is 0 Å².